The smallest absolute Gasteiger partial charge is 0.232 e. The van der Waals surface area contributed by atoms with Gasteiger partial charge in [0, 0.05) is 18.8 Å². The van der Waals surface area contributed by atoms with Gasteiger partial charge >= 0.3 is 0 Å². The number of likely N-dealkylation sites (N-methyl/N-ethyl adjacent to an activating group) is 1. The highest BCUT2D eigenvalue weighted by molar-refractivity contribution is 5.87. The molecule has 0 heterocycles. The van der Waals surface area contributed by atoms with Crippen LogP contribution in [-0.4, -0.2) is 23.9 Å². The predicted molar refractivity (Wildman–Crippen MR) is 69.7 cm³/mol. The van der Waals surface area contributed by atoms with Crippen molar-refractivity contribution in [1.29, 1.82) is 0 Å². The first-order valence-electron chi connectivity index (χ1n) is 6.06. The molecule has 3 heteroatoms. The minimum absolute atomic E-state index is 0.185. The molecule has 0 aromatic heterocycles. The Kier molecular flexibility index (Phi) is 2.86. The highest BCUT2D eigenvalue weighted by Gasteiger charge is 2.38. The first-order valence-corrected chi connectivity index (χ1v) is 6.06. The van der Waals surface area contributed by atoms with E-state index in [0.717, 1.165) is 24.1 Å². The molecule has 1 amide bonds. The van der Waals surface area contributed by atoms with Crippen LogP contribution < -0.4 is 5.73 Å². The zero-order valence-corrected chi connectivity index (χ0v) is 10.7. The molecule has 1 saturated carbocycles. The average molecular weight is 232 g/mol. The van der Waals surface area contributed by atoms with Gasteiger partial charge in [-0.1, -0.05) is 12.1 Å². The molecule has 0 spiro atoms. The number of rotatable bonds is 3. The van der Waals surface area contributed by atoms with Gasteiger partial charge in [0.1, 0.15) is 0 Å². The fraction of sp³-hybridized carbons (Fsp3) is 0.500. The lowest BCUT2D eigenvalue weighted by molar-refractivity contribution is -0.135. The van der Waals surface area contributed by atoms with Crippen LogP contribution in [-0.2, 0) is 10.2 Å². The maximum absolute atomic E-state index is 12.4. The second-order valence-electron chi connectivity index (χ2n) is 5.39. The quantitative estimate of drug-likeness (QED) is 0.812. The Morgan fingerprint density at radius 3 is 2.29 bits per heavy atom. The molecule has 0 bridgehead atoms. The molecule has 1 aliphatic rings. The lowest BCUT2D eigenvalue weighted by Gasteiger charge is -2.30. The van der Waals surface area contributed by atoms with E-state index in [1.54, 1.807) is 0 Å². The van der Waals surface area contributed by atoms with E-state index in [2.05, 4.69) is 0 Å². The predicted octanol–water partition coefficient (Wildman–Crippen LogP) is 2.17. The van der Waals surface area contributed by atoms with Crippen LogP contribution in [0.5, 0.6) is 0 Å². The monoisotopic (exact) mass is 232 g/mol. The van der Waals surface area contributed by atoms with Gasteiger partial charge in [0.25, 0.3) is 0 Å². The Labute approximate surface area is 103 Å². The van der Waals surface area contributed by atoms with Crippen LogP contribution in [0.1, 0.15) is 32.3 Å². The summed E-state index contributed by atoms with van der Waals surface area (Å²) in [6.45, 7) is 3.94. The standard InChI is InChI=1S/C14H20N2O/c1-14(2,10-4-6-11(15)7-5-10)13(17)16(3)12-8-9-12/h4-7,12H,8-9,15H2,1-3H3. The van der Waals surface area contributed by atoms with Gasteiger partial charge in [-0.25, -0.2) is 0 Å². The van der Waals surface area contributed by atoms with E-state index in [-0.39, 0.29) is 5.91 Å². The third kappa shape index (κ3) is 2.28. The molecule has 92 valence electrons. The van der Waals surface area contributed by atoms with E-state index in [1.807, 2.05) is 50.1 Å². The lowest BCUT2D eigenvalue weighted by atomic mass is 9.83. The third-order valence-corrected chi connectivity index (χ3v) is 3.58. The molecule has 0 aliphatic heterocycles. The fourth-order valence-electron chi connectivity index (χ4n) is 2.09. The number of amides is 1. The second-order valence-corrected chi connectivity index (χ2v) is 5.39. The van der Waals surface area contributed by atoms with E-state index in [9.17, 15) is 4.79 Å². The average Bonchev–Trinajstić information content (AvgIpc) is 3.11. The maximum atomic E-state index is 12.4. The van der Waals surface area contributed by atoms with Gasteiger partial charge in [-0.2, -0.15) is 0 Å². The Hall–Kier alpha value is -1.51. The molecule has 1 aliphatic carbocycles. The van der Waals surface area contributed by atoms with Crippen LogP contribution in [0.4, 0.5) is 5.69 Å². The van der Waals surface area contributed by atoms with Crippen molar-refractivity contribution in [3.8, 4) is 0 Å². The summed E-state index contributed by atoms with van der Waals surface area (Å²) in [4.78, 5) is 14.3. The molecule has 17 heavy (non-hydrogen) atoms. The molecule has 0 unspecified atom stereocenters. The summed E-state index contributed by atoms with van der Waals surface area (Å²) < 4.78 is 0. The zero-order chi connectivity index (χ0) is 12.6. The van der Waals surface area contributed by atoms with Gasteiger partial charge < -0.3 is 10.6 Å². The van der Waals surface area contributed by atoms with Gasteiger partial charge in [-0.05, 0) is 44.4 Å². The van der Waals surface area contributed by atoms with Crippen molar-refractivity contribution in [2.45, 2.75) is 38.1 Å². The van der Waals surface area contributed by atoms with Crippen LogP contribution in [0.15, 0.2) is 24.3 Å². The Morgan fingerprint density at radius 1 is 1.29 bits per heavy atom. The zero-order valence-electron chi connectivity index (χ0n) is 10.7. The van der Waals surface area contributed by atoms with Crippen molar-refractivity contribution in [3.05, 3.63) is 29.8 Å². The molecule has 0 radical (unpaired) electrons. The van der Waals surface area contributed by atoms with Crippen LogP contribution >= 0.6 is 0 Å². The summed E-state index contributed by atoms with van der Waals surface area (Å²) in [5.74, 6) is 0.185. The first kappa shape index (κ1) is 12.0. The topological polar surface area (TPSA) is 46.3 Å². The third-order valence-electron chi connectivity index (χ3n) is 3.58. The summed E-state index contributed by atoms with van der Waals surface area (Å²) in [7, 11) is 1.90. The molecular weight excluding hydrogens is 212 g/mol. The number of hydrogen-bond acceptors (Lipinski definition) is 2. The van der Waals surface area contributed by atoms with Crippen molar-refractivity contribution in [1.82, 2.24) is 4.90 Å². The SMILES string of the molecule is CN(C(=O)C(C)(C)c1ccc(N)cc1)C1CC1. The normalized spacial score (nSPS) is 15.7. The number of benzene rings is 1. The molecule has 0 atom stereocenters. The van der Waals surface area contributed by atoms with Crippen LogP contribution in [0.3, 0.4) is 0 Å². The number of anilines is 1. The molecule has 3 nitrogen and oxygen atoms in total. The fourth-order valence-corrected chi connectivity index (χ4v) is 2.09. The molecule has 2 N–H and O–H groups in total. The summed E-state index contributed by atoms with van der Waals surface area (Å²) in [6.07, 6.45) is 2.28. The van der Waals surface area contributed by atoms with Crippen molar-refractivity contribution in [3.63, 3.8) is 0 Å². The Morgan fingerprint density at radius 2 is 1.82 bits per heavy atom. The number of nitrogen functional groups attached to an aromatic ring is 1. The summed E-state index contributed by atoms with van der Waals surface area (Å²) in [5, 5.41) is 0. The largest absolute Gasteiger partial charge is 0.399 e. The van der Waals surface area contributed by atoms with Gasteiger partial charge in [0.05, 0.1) is 5.41 Å². The number of hydrogen-bond donors (Lipinski definition) is 1. The van der Waals surface area contributed by atoms with Crippen molar-refractivity contribution < 1.29 is 4.79 Å². The number of carbonyl (C=O) groups excluding carboxylic acids is 1. The van der Waals surface area contributed by atoms with E-state index < -0.39 is 5.41 Å². The van der Waals surface area contributed by atoms with Crippen molar-refractivity contribution >= 4 is 11.6 Å². The number of nitrogens with zero attached hydrogens (tertiary/aromatic N) is 1. The van der Waals surface area contributed by atoms with E-state index in [4.69, 9.17) is 5.73 Å². The maximum Gasteiger partial charge on any atom is 0.232 e. The molecule has 1 aromatic carbocycles. The highest BCUT2D eigenvalue weighted by atomic mass is 16.2. The van der Waals surface area contributed by atoms with Crippen LogP contribution in [0.25, 0.3) is 0 Å². The van der Waals surface area contributed by atoms with Crippen LogP contribution in [0.2, 0.25) is 0 Å². The van der Waals surface area contributed by atoms with Gasteiger partial charge in [-0.3, -0.25) is 4.79 Å². The summed E-state index contributed by atoms with van der Waals surface area (Å²) >= 11 is 0. The number of carbonyl (C=O) groups is 1. The summed E-state index contributed by atoms with van der Waals surface area (Å²) in [5.41, 5.74) is 6.93. The van der Waals surface area contributed by atoms with Gasteiger partial charge in [-0.15, -0.1) is 0 Å². The molecular formula is C14H20N2O. The molecule has 2 rings (SSSR count). The van der Waals surface area contributed by atoms with Crippen LogP contribution in [0, 0.1) is 0 Å². The molecule has 1 fully saturated rings. The minimum Gasteiger partial charge on any atom is -0.399 e. The van der Waals surface area contributed by atoms with E-state index in [0.29, 0.717) is 6.04 Å². The Bertz CT molecular complexity index is 418. The highest BCUT2D eigenvalue weighted by Crippen LogP contribution is 2.32. The van der Waals surface area contributed by atoms with Crippen molar-refractivity contribution in [2.24, 2.45) is 0 Å². The van der Waals surface area contributed by atoms with Crippen molar-refractivity contribution in [2.75, 3.05) is 12.8 Å². The molecule has 1 aromatic rings. The molecule has 0 saturated heterocycles. The Balaban J connectivity index is 2.22. The lowest BCUT2D eigenvalue weighted by Crippen LogP contribution is -2.42. The van der Waals surface area contributed by atoms with Gasteiger partial charge in [0.15, 0.2) is 0 Å². The minimum atomic E-state index is -0.481. The summed E-state index contributed by atoms with van der Waals surface area (Å²) in [6, 6.07) is 8.03. The number of nitrogens with two attached hydrogens (primary N) is 1. The second kappa shape index (κ2) is 4.06. The first-order chi connectivity index (χ1) is 7.93. The van der Waals surface area contributed by atoms with Gasteiger partial charge in [0.2, 0.25) is 5.91 Å². The van der Waals surface area contributed by atoms with E-state index >= 15 is 0 Å². The van der Waals surface area contributed by atoms with E-state index in [1.165, 1.54) is 0 Å².